The van der Waals surface area contributed by atoms with Crippen molar-refractivity contribution in [2.24, 2.45) is 5.73 Å². The molecule has 0 amide bonds. The standard InChI is InChI=1S/C31H26BrClFN3O2/c1-17-11-19(16-39-28-10-9-21(34)14-25(28)33)18(2)23(12-17)29-24(15-35)31(36)37(22-6-3-5-20(32)13-22)26-7-4-8-27(38)30(26)29/h3,5-6,9-14,29H,4,7-8,16,36H2,1-2H3. The number of hydrogen-bond acceptors (Lipinski definition) is 5. The van der Waals surface area contributed by atoms with Crippen LogP contribution >= 0.6 is 27.5 Å². The van der Waals surface area contributed by atoms with E-state index in [1.807, 2.05) is 55.1 Å². The summed E-state index contributed by atoms with van der Waals surface area (Å²) in [6, 6.07) is 18.0. The molecule has 1 aliphatic heterocycles. The zero-order chi connectivity index (χ0) is 27.8. The predicted octanol–water partition coefficient (Wildman–Crippen LogP) is 7.74. The third-order valence-corrected chi connectivity index (χ3v) is 8.06. The first-order valence-electron chi connectivity index (χ1n) is 12.6. The molecule has 0 saturated heterocycles. The zero-order valence-electron chi connectivity index (χ0n) is 21.5. The molecule has 1 heterocycles. The second-order valence-corrected chi connectivity index (χ2v) is 11.1. The van der Waals surface area contributed by atoms with Crippen molar-refractivity contribution in [2.45, 2.75) is 45.6 Å². The highest BCUT2D eigenvalue weighted by molar-refractivity contribution is 9.10. The van der Waals surface area contributed by atoms with Crippen LogP contribution < -0.4 is 15.4 Å². The number of nitrogens with zero attached hydrogens (tertiary/aromatic N) is 2. The topological polar surface area (TPSA) is 79.3 Å². The average Bonchev–Trinajstić information content (AvgIpc) is 2.89. The molecule has 2 aliphatic rings. The number of rotatable bonds is 5. The Labute approximate surface area is 240 Å². The summed E-state index contributed by atoms with van der Waals surface area (Å²) in [6.45, 7) is 4.11. The number of halogens is 3. The Balaban J connectivity index is 1.63. The van der Waals surface area contributed by atoms with Crippen LogP contribution in [0.5, 0.6) is 5.75 Å². The van der Waals surface area contributed by atoms with Crippen LogP contribution in [0.25, 0.3) is 0 Å². The molecule has 1 aliphatic carbocycles. The zero-order valence-corrected chi connectivity index (χ0v) is 23.9. The van der Waals surface area contributed by atoms with Gasteiger partial charge in [0.15, 0.2) is 5.78 Å². The smallest absolute Gasteiger partial charge is 0.161 e. The maximum absolute atomic E-state index is 13.5. The highest BCUT2D eigenvalue weighted by Gasteiger charge is 2.41. The number of benzene rings is 3. The summed E-state index contributed by atoms with van der Waals surface area (Å²) < 4.78 is 20.3. The lowest BCUT2D eigenvalue weighted by Crippen LogP contribution is -2.39. The van der Waals surface area contributed by atoms with Gasteiger partial charge in [0.2, 0.25) is 0 Å². The molecule has 0 spiro atoms. The maximum atomic E-state index is 13.5. The molecular weight excluding hydrogens is 581 g/mol. The number of hydrogen-bond donors (Lipinski definition) is 1. The number of nitriles is 1. The van der Waals surface area contributed by atoms with Gasteiger partial charge < -0.3 is 10.5 Å². The minimum atomic E-state index is -0.589. The summed E-state index contributed by atoms with van der Waals surface area (Å²) in [5.74, 6) is -0.305. The number of aryl methyl sites for hydroxylation is 1. The molecule has 1 atom stereocenters. The van der Waals surface area contributed by atoms with Crippen molar-refractivity contribution in [2.75, 3.05) is 4.90 Å². The van der Waals surface area contributed by atoms with E-state index in [2.05, 4.69) is 22.0 Å². The summed E-state index contributed by atoms with van der Waals surface area (Å²) in [6.07, 6.45) is 1.81. The monoisotopic (exact) mass is 605 g/mol. The van der Waals surface area contributed by atoms with E-state index in [9.17, 15) is 14.4 Å². The van der Waals surface area contributed by atoms with Gasteiger partial charge in [0.25, 0.3) is 0 Å². The number of carbonyl (C=O) groups excluding carboxylic acids is 1. The highest BCUT2D eigenvalue weighted by Crippen LogP contribution is 2.47. The summed E-state index contributed by atoms with van der Waals surface area (Å²) in [7, 11) is 0. The van der Waals surface area contributed by atoms with Gasteiger partial charge in [-0.2, -0.15) is 5.26 Å². The normalized spacial score (nSPS) is 17.3. The summed E-state index contributed by atoms with van der Waals surface area (Å²) in [4.78, 5) is 15.4. The Bertz CT molecular complexity index is 1610. The summed E-state index contributed by atoms with van der Waals surface area (Å²) in [5, 5.41) is 10.6. The van der Waals surface area contributed by atoms with Crippen molar-refractivity contribution in [3.8, 4) is 11.8 Å². The summed E-state index contributed by atoms with van der Waals surface area (Å²) in [5.41, 5.74) is 12.9. The van der Waals surface area contributed by atoms with E-state index in [1.54, 1.807) is 0 Å². The molecule has 0 saturated carbocycles. The number of ether oxygens (including phenoxy) is 1. The van der Waals surface area contributed by atoms with Crippen molar-refractivity contribution in [1.29, 1.82) is 5.26 Å². The van der Waals surface area contributed by atoms with Gasteiger partial charge >= 0.3 is 0 Å². The van der Waals surface area contributed by atoms with Gasteiger partial charge in [-0.25, -0.2) is 4.39 Å². The fourth-order valence-corrected chi connectivity index (χ4v) is 6.08. The molecule has 0 aromatic heterocycles. The Kier molecular flexibility index (Phi) is 7.53. The van der Waals surface area contributed by atoms with Gasteiger partial charge in [0, 0.05) is 27.9 Å². The van der Waals surface area contributed by atoms with E-state index in [1.165, 1.54) is 18.2 Å². The fraction of sp³-hybridized carbons (Fsp3) is 0.226. The van der Waals surface area contributed by atoms with Gasteiger partial charge in [0.1, 0.15) is 24.0 Å². The maximum Gasteiger partial charge on any atom is 0.161 e. The number of allylic oxidation sites excluding steroid dienone is 3. The Morgan fingerprint density at radius 3 is 2.69 bits per heavy atom. The predicted molar refractivity (Wildman–Crippen MR) is 154 cm³/mol. The molecule has 39 heavy (non-hydrogen) atoms. The van der Waals surface area contributed by atoms with E-state index >= 15 is 0 Å². The van der Waals surface area contributed by atoms with E-state index in [4.69, 9.17) is 22.1 Å². The van der Waals surface area contributed by atoms with Crippen molar-refractivity contribution >= 4 is 39.0 Å². The average molecular weight is 607 g/mol. The SMILES string of the molecule is Cc1cc(COc2ccc(F)cc2Cl)c(C)c(C2C(C#N)=C(N)N(c3cccc(Br)c3)C3=C2C(=O)CCC3)c1. The molecule has 1 unspecified atom stereocenters. The van der Waals surface area contributed by atoms with Gasteiger partial charge in [-0.15, -0.1) is 0 Å². The van der Waals surface area contributed by atoms with Crippen LogP contribution in [0.1, 0.15) is 47.4 Å². The number of Topliss-reactive ketones (excluding diaryl/α,β-unsaturated/α-hetero) is 1. The van der Waals surface area contributed by atoms with Gasteiger partial charge in [-0.05, 0) is 79.8 Å². The van der Waals surface area contributed by atoms with Crippen molar-refractivity contribution in [3.05, 3.63) is 115 Å². The minimum absolute atomic E-state index is 0.0262. The first-order valence-corrected chi connectivity index (χ1v) is 13.8. The minimum Gasteiger partial charge on any atom is -0.487 e. The van der Waals surface area contributed by atoms with Gasteiger partial charge in [-0.1, -0.05) is 51.3 Å². The molecule has 3 aromatic carbocycles. The Morgan fingerprint density at radius 2 is 1.97 bits per heavy atom. The van der Waals surface area contributed by atoms with Crippen LogP contribution in [0.4, 0.5) is 10.1 Å². The molecule has 0 radical (unpaired) electrons. The van der Waals surface area contributed by atoms with Crippen LogP contribution in [0.15, 0.2) is 81.7 Å². The Hall–Kier alpha value is -3.60. The van der Waals surface area contributed by atoms with E-state index in [0.717, 1.165) is 38.1 Å². The van der Waals surface area contributed by atoms with Crippen molar-refractivity contribution in [1.82, 2.24) is 0 Å². The fourth-order valence-electron chi connectivity index (χ4n) is 5.47. The molecular formula is C31H26BrClFN3O2. The lowest BCUT2D eigenvalue weighted by atomic mass is 9.73. The van der Waals surface area contributed by atoms with E-state index in [0.29, 0.717) is 42.0 Å². The van der Waals surface area contributed by atoms with E-state index < -0.39 is 11.7 Å². The lowest BCUT2D eigenvalue weighted by molar-refractivity contribution is -0.116. The molecule has 5 nitrogen and oxygen atoms in total. The molecule has 5 rings (SSSR count). The van der Waals surface area contributed by atoms with E-state index in [-0.39, 0.29) is 17.4 Å². The first kappa shape index (κ1) is 27.0. The third kappa shape index (κ3) is 5.07. The molecule has 198 valence electrons. The second-order valence-electron chi connectivity index (χ2n) is 9.80. The molecule has 0 fully saturated rings. The molecule has 2 N–H and O–H groups in total. The molecule has 0 bridgehead atoms. The largest absolute Gasteiger partial charge is 0.487 e. The van der Waals surface area contributed by atoms with Crippen LogP contribution in [-0.4, -0.2) is 5.78 Å². The van der Waals surface area contributed by atoms with Gasteiger partial charge in [0.05, 0.1) is 22.6 Å². The van der Waals surface area contributed by atoms with Crippen LogP contribution in [-0.2, 0) is 11.4 Å². The second kappa shape index (κ2) is 10.9. The van der Waals surface area contributed by atoms with Crippen molar-refractivity contribution < 1.29 is 13.9 Å². The van der Waals surface area contributed by atoms with Crippen LogP contribution in [0.3, 0.4) is 0 Å². The Morgan fingerprint density at radius 1 is 1.18 bits per heavy atom. The third-order valence-electron chi connectivity index (χ3n) is 7.27. The molecule has 3 aromatic rings. The van der Waals surface area contributed by atoms with Crippen LogP contribution in [0.2, 0.25) is 5.02 Å². The number of carbonyl (C=O) groups is 1. The quantitative estimate of drug-likeness (QED) is 0.321. The lowest BCUT2D eigenvalue weighted by Gasteiger charge is -2.40. The first-order chi connectivity index (χ1) is 18.7. The number of anilines is 1. The van der Waals surface area contributed by atoms with Crippen molar-refractivity contribution in [3.63, 3.8) is 0 Å². The number of ketones is 1. The number of nitrogens with two attached hydrogens (primary N) is 1. The summed E-state index contributed by atoms with van der Waals surface area (Å²) >= 11 is 9.69. The van der Waals surface area contributed by atoms with Crippen LogP contribution in [0, 0.1) is 31.0 Å². The molecule has 8 heteroatoms. The highest BCUT2D eigenvalue weighted by atomic mass is 79.9. The van der Waals surface area contributed by atoms with Gasteiger partial charge in [-0.3, -0.25) is 9.69 Å².